The predicted molar refractivity (Wildman–Crippen MR) is 43.4 cm³/mol. The van der Waals surface area contributed by atoms with Crippen LogP contribution in [-0.2, 0) is 10.0 Å². The van der Waals surface area contributed by atoms with Gasteiger partial charge in [-0.05, 0) is 11.6 Å². The molecule has 0 radical (unpaired) electrons. The number of primary sulfonamides is 1. The Morgan fingerprint density at radius 1 is 1.33 bits per heavy atom. The number of nitrogens with two attached hydrogens (primary N) is 1. The first-order valence-electron chi connectivity index (χ1n) is 2.62. The lowest BCUT2D eigenvalue weighted by Crippen LogP contribution is -2.14. The molecular weight excluding hydrogens is 225 g/mol. The van der Waals surface area contributed by atoms with Crippen LogP contribution in [0.5, 0.6) is 0 Å². The number of sulfonamides is 1. The Bertz CT molecular complexity index is 385. The summed E-state index contributed by atoms with van der Waals surface area (Å²) >= 11 is 10.7. The van der Waals surface area contributed by atoms with E-state index < -0.39 is 15.0 Å². The number of halogens is 2. The Kier molecular flexibility index (Phi) is 2.52. The van der Waals surface area contributed by atoms with Gasteiger partial charge in [0.2, 0.25) is 5.28 Å². The molecule has 0 aliphatic heterocycles. The van der Waals surface area contributed by atoms with E-state index in [1.54, 1.807) is 0 Å². The van der Waals surface area contributed by atoms with Gasteiger partial charge in [0.1, 0.15) is 5.15 Å². The van der Waals surface area contributed by atoms with Crippen molar-refractivity contribution in [2.45, 2.75) is 5.03 Å². The minimum Gasteiger partial charge on any atom is -0.223 e. The van der Waals surface area contributed by atoms with E-state index in [0.717, 1.165) is 6.07 Å². The van der Waals surface area contributed by atoms with Crippen LogP contribution in [0.1, 0.15) is 0 Å². The van der Waals surface area contributed by atoms with Crippen LogP contribution in [0.25, 0.3) is 0 Å². The van der Waals surface area contributed by atoms with Crippen molar-refractivity contribution >= 4 is 33.2 Å². The topological polar surface area (TPSA) is 85.9 Å². The standard InChI is InChI=1S/C4H3Cl2N3O2S/c5-2-1-3(12(7,10)11)9-4(6)8-2/h1H,(H2,7,10,11). The minimum atomic E-state index is -3.87. The van der Waals surface area contributed by atoms with Gasteiger partial charge in [0.15, 0.2) is 5.03 Å². The Hall–Kier alpha value is -0.430. The third-order valence-corrected chi connectivity index (χ3v) is 2.09. The normalized spacial score (nSPS) is 11.6. The maximum absolute atomic E-state index is 10.7. The number of hydrogen-bond acceptors (Lipinski definition) is 4. The lowest BCUT2D eigenvalue weighted by atomic mass is 10.7. The molecule has 0 atom stereocenters. The number of rotatable bonds is 1. The summed E-state index contributed by atoms with van der Waals surface area (Å²) in [4.78, 5) is 6.81. The van der Waals surface area contributed by atoms with Crippen LogP contribution in [-0.4, -0.2) is 18.4 Å². The second kappa shape index (κ2) is 3.14. The molecule has 2 N–H and O–H groups in total. The molecule has 1 heterocycles. The third kappa shape index (κ3) is 2.28. The lowest BCUT2D eigenvalue weighted by Gasteiger charge is -1.97. The molecule has 12 heavy (non-hydrogen) atoms. The van der Waals surface area contributed by atoms with Crippen molar-refractivity contribution in [3.8, 4) is 0 Å². The average molecular weight is 228 g/mol. The molecule has 0 amide bonds. The summed E-state index contributed by atoms with van der Waals surface area (Å²) in [5.41, 5.74) is 0. The maximum atomic E-state index is 10.7. The summed E-state index contributed by atoms with van der Waals surface area (Å²) in [7, 11) is -3.87. The van der Waals surface area contributed by atoms with E-state index in [9.17, 15) is 8.42 Å². The fourth-order valence-electron chi connectivity index (χ4n) is 0.516. The summed E-state index contributed by atoms with van der Waals surface area (Å²) in [6.45, 7) is 0. The molecule has 1 rings (SSSR count). The first-order chi connectivity index (χ1) is 5.39. The van der Waals surface area contributed by atoms with Gasteiger partial charge in [-0.2, -0.15) is 0 Å². The molecule has 1 aromatic rings. The van der Waals surface area contributed by atoms with Crippen LogP contribution in [0.15, 0.2) is 11.1 Å². The molecule has 0 bridgehead atoms. The Labute approximate surface area is 78.6 Å². The zero-order valence-electron chi connectivity index (χ0n) is 5.53. The van der Waals surface area contributed by atoms with Crippen molar-refractivity contribution in [2.75, 3.05) is 0 Å². The van der Waals surface area contributed by atoms with Gasteiger partial charge in [-0.3, -0.25) is 0 Å². The van der Waals surface area contributed by atoms with Crippen molar-refractivity contribution in [1.29, 1.82) is 0 Å². The summed E-state index contributed by atoms with van der Waals surface area (Å²) in [6.07, 6.45) is 0. The molecular formula is C4H3Cl2N3O2S. The Morgan fingerprint density at radius 3 is 2.33 bits per heavy atom. The number of nitrogens with zero attached hydrogens (tertiary/aromatic N) is 2. The highest BCUT2D eigenvalue weighted by atomic mass is 35.5. The molecule has 0 spiro atoms. The first kappa shape index (κ1) is 9.66. The quantitative estimate of drug-likeness (QED) is 0.557. The van der Waals surface area contributed by atoms with Crippen LogP contribution < -0.4 is 5.14 Å². The predicted octanol–water partition coefficient (Wildman–Crippen LogP) is 0.431. The van der Waals surface area contributed by atoms with Crippen LogP contribution in [0.4, 0.5) is 0 Å². The third-order valence-electron chi connectivity index (χ3n) is 0.936. The van der Waals surface area contributed by atoms with Gasteiger partial charge < -0.3 is 0 Å². The molecule has 0 saturated carbocycles. The van der Waals surface area contributed by atoms with E-state index in [1.165, 1.54) is 0 Å². The van der Waals surface area contributed by atoms with Gasteiger partial charge in [-0.25, -0.2) is 23.5 Å². The zero-order valence-corrected chi connectivity index (χ0v) is 7.86. The smallest absolute Gasteiger partial charge is 0.223 e. The molecule has 8 heteroatoms. The molecule has 0 aliphatic carbocycles. The van der Waals surface area contributed by atoms with Crippen molar-refractivity contribution in [1.82, 2.24) is 9.97 Å². The molecule has 1 aromatic heterocycles. The molecule has 5 nitrogen and oxygen atoms in total. The fourth-order valence-corrected chi connectivity index (χ4v) is 1.53. The summed E-state index contributed by atoms with van der Waals surface area (Å²) in [5.74, 6) is 0. The summed E-state index contributed by atoms with van der Waals surface area (Å²) < 4.78 is 21.4. The zero-order chi connectivity index (χ0) is 9.35. The largest absolute Gasteiger partial charge is 0.255 e. The lowest BCUT2D eigenvalue weighted by molar-refractivity contribution is 0.593. The van der Waals surface area contributed by atoms with E-state index in [-0.39, 0.29) is 10.4 Å². The van der Waals surface area contributed by atoms with Gasteiger partial charge in [-0.15, -0.1) is 0 Å². The van der Waals surface area contributed by atoms with Crippen molar-refractivity contribution in [3.63, 3.8) is 0 Å². The van der Waals surface area contributed by atoms with E-state index >= 15 is 0 Å². The number of hydrogen-bond donors (Lipinski definition) is 1. The Balaban J connectivity index is 3.37. The van der Waals surface area contributed by atoms with Crippen molar-refractivity contribution in [2.24, 2.45) is 5.14 Å². The van der Waals surface area contributed by atoms with Crippen molar-refractivity contribution in [3.05, 3.63) is 16.5 Å². The van der Waals surface area contributed by atoms with Gasteiger partial charge in [0.05, 0.1) is 0 Å². The number of aromatic nitrogens is 2. The molecule has 0 unspecified atom stereocenters. The second-order valence-corrected chi connectivity index (χ2v) is 4.08. The van der Waals surface area contributed by atoms with Crippen LogP contribution >= 0.6 is 23.2 Å². The van der Waals surface area contributed by atoms with E-state index in [1.807, 2.05) is 0 Å². The van der Waals surface area contributed by atoms with E-state index in [0.29, 0.717) is 0 Å². The maximum Gasteiger partial charge on any atom is 0.255 e. The Morgan fingerprint density at radius 2 is 1.92 bits per heavy atom. The molecule has 0 aliphatic rings. The van der Waals surface area contributed by atoms with E-state index in [4.69, 9.17) is 28.3 Å². The first-order valence-corrected chi connectivity index (χ1v) is 4.93. The van der Waals surface area contributed by atoms with Crippen LogP contribution in [0, 0.1) is 0 Å². The highest BCUT2D eigenvalue weighted by Crippen LogP contribution is 2.12. The molecule has 0 aromatic carbocycles. The van der Waals surface area contributed by atoms with Gasteiger partial charge in [0.25, 0.3) is 10.0 Å². The van der Waals surface area contributed by atoms with Crippen molar-refractivity contribution < 1.29 is 8.42 Å². The molecule has 0 saturated heterocycles. The monoisotopic (exact) mass is 227 g/mol. The SMILES string of the molecule is NS(=O)(=O)c1cc(Cl)nc(Cl)n1. The minimum absolute atomic E-state index is 0.0703. The fraction of sp³-hybridized carbons (Fsp3) is 0. The summed E-state index contributed by atoms with van der Waals surface area (Å²) in [5, 5.41) is 4.04. The summed E-state index contributed by atoms with van der Waals surface area (Å²) in [6, 6.07) is 1.02. The van der Waals surface area contributed by atoms with E-state index in [2.05, 4.69) is 9.97 Å². The average Bonchev–Trinajstić information content (AvgIpc) is 1.82. The van der Waals surface area contributed by atoms with Gasteiger partial charge >= 0.3 is 0 Å². The molecule has 66 valence electrons. The highest BCUT2D eigenvalue weighted by Gasteiger charge is 2.11. The van der Waals surface area contributed by atoms with Crippen LogP contribution in [0.3, 0.4) is 0 Å². The second-order valence-electron chi connectivity index (χ2n) is 1.84. The van der Waals surface area contributed by atoms with Gasteiger partial charge in [0, 0.05) is 6.07 Å². The highest BCUT2D eigenvalue weighted by molar-refractivity contribution is 7.89. The molecule has 0 fully saturated rings. The van der Waals surface area contributed by atoms with Gasteiger partial charge in [-0.1, -0.05) is 11.6 Å². The van der Waals surface area contributed by atoms with Crippen LogP contribution in [0.2, 0.25) is 10.4 Å².